The Labute approximate surface area is 154 Å². The lowest BCUT2D eigenvalue weighted by molar-refractivity contribution is -0.320. The average Bonchev–Trinajstić information content (AvgIpc) is 3.00. The molecule has 3 aliphatic rings. The Morgan fingerprint density at radius 1 is 1.12 bits per heavy atom. The van der Waals surface area contributed by atoms with Crippen molar-refractivity contribution in [2.24, 2.45) is 10.9 Å². The first kappa shape index (κ1) is 16.9. The molecule has 5 nitrogen and oxygen atoms in total. The van der Waals surface area contributed by atoms with E-state index in [1.165, 1.54) is 0 Å². The summed E-state index contributed by atoms with van der Waals surface area (Å²) in [6, 6.07) is 9.53. The highest BCUT2D eigenvalue weighted by molar-refractivity contribution is 6.76. The second-order valence-electron chi connectivity index (χ2n) is 6.12. The molecule has 2 fully saturated rings. The van der Waals surface area contributed by atoms with Gasteiger partial charge in [0.1, 0.15) is 12.1 Å². The van der Waals surface area contributed by atoms with Gasteiger partial charge in [0.25, 0.3) is 3.79 Å². The molecule has 3 aliphatic heterocycles. The summed E-state index contributed by atoms with van der Waals surface area (Å²) in [6.07, 6.45) is -1.42. The molecule has 0 aliphatic carbocycles. The summed E-state index contributed by atoms with van der Waals surface area (Å²) in [5, 5.41) is 0. The average molecular weight is 393 g/mol. The number of hydrogen-bond acceptors (Lipinski definition) is 5. The standard InChI is InChI=1S/C16H16Cl3NO4/c1-8-11-14(24-15(20-11)16(17,18)19)22-10-7-21-13(23-12(8)10)9-5-3-2-4-6-9/h2-6,8,10-14H,7H2,1H3/t8-,10?,11?,12+,13?,14-/m1/s1. The molecule has 0 amide bonds. The van der Waals surface area contributed by atoms with Crippen molar-refractivity contribution in [3.05, 3.63) is 35.9 Å². The van der Waals surface area contributed by atoms with E-state index in [-0.39, 0.29) is 30.1 Å². The van der Waals surface area contributed by atoms with E-state index >= 15 is 0 Å². The second-order valence-corrected chi connectivity index (χ2v) is 8.40. The van der Waals surface area contributed by atoms with Gasteiger partial charge in [0, 0.05) is 11.5 Å². The van der Waals surface area contributed by atoms with Crippen molar-refractivity contribution in [2.75, 3.05) is 6.61 Å². The van der Waals surface area contributed by atoms with Gasteiger partial charge >= 0.3 is 0 Å². The monoisotopic (exact) mass is 391 g/mol. The van der Waals surface area contributed by atoms with Crippen LogP contribution in [-0.2, 0) is 18.9 Å². The van der Waals surface area contributed by atoms with Crippen LogP contribution < -0.4 is 0 Å². The second kappa shape index (κ2) is 6.31. The summed E-state index contributed by atoms with van der Waals surface area (Å²) in [5.41, 5.74) is 0.971. The molecule has 2 saturated heterocycles. The number of benzene rings is 1. The molecule has 1 aromatic rings. The minimum Gasteiger partial charge on any atom is -0.446 e. The molecule has 130 valence electrons. The largest absolute Gasteiger partial charge is 0.446 e. The van der Waals surface area contributed by atoms with E-state index < -0.39 is 16.4 Å². The van der Waals surface area contributed by atoms with Gasteiger partial charge in [-0.05, 0) is 0 Å². The lowest BCUT2D eigenvalue weighted by Gasteiger charge is -2.45. The molecule has 24 heavy (non-hydrogen) atoms. The van der Waals surface area contributed by atoms with E-state index in [1.54, 1.807) is 0 Å². The predicted octanol–water partition coefficient (Wildman–Crippen LogP) is 3.63. The third-order valence-corrected chi connectivity index (χ3v) is 5.00. The molecule has 0 bridgehead atoms. The van der Waals surface area contributed by atoms with Crippen molar-refractivity contribution in [1.29, 1.82) is 0 Å². The zero-order valence-corrected chi connectivity index (χ0v) is 15.0. The van der Waals surface area contributed by atoms with Crippen LogP contribution in [0.15, 0.2) is 35.3 Å². The SMILES string of the molecule is C[C@@H]1C2N=C(C(Cl)(Cl)Cl)O[C@H]2OC2COC(c3ccccc3)O[C@H]21. The number of rotatable bonds is 1. The van der Waals surface area contributed by atoms with Gasteiger partial charge in [-0.3, -0.25) is 0 Å². The molecule has 0 radical (unpaired) electrons. The number of alkyl halides is 3. The summed E-state index contributed by atoms with van der Waals surface area (Å²) >= 11 is 17.6. The Morgan fingerprint density at radius 2 is 1.88 bits per heavy atom. The molecule has 1 aromatic carbocycles. The highest BCUT2D eigenvalue weighted by atomic mass is 35.6. The van der Waals surface area contributed by atoms with Gasteiger partial charge in [-0.15, -0.1) is 0 Å². The molecule has 6 atom stereocenters. The topological polar surface area (TPSA) is 49.3 Å². The maximum Gasteiger partial charge on any atom is 0.266 e. The molecular formula is C16H16Cl3NO4. The van der Waals surface area contributed by atoms with Crippen LogP contribution in [0.4, 0.5) is 0 Å². The molecule has 0 N–H and O–H groups in total. The normalized spacial score (nSPS) is 38.8. The zero-order valence-electron chi connectivity index (χ0n) is 12.8. The Morgan fingerprint density at radius 3 is 2.58 bits per heavy atom. The highest BCUT2D eigenvalue weighted by Gasteiger charge is 2.53. The van der Waals surface area contributed by atoms with E-state index in [9.17, 15) is 0 Å². The molecule has 3 heterocycles. The van der Waals surface area contributed by atoms with Gasteiger partial charge in [-0.1, -0.05) is 72.1 Å². The Hall–Kier alpha value is -0.560. The van der Waals surface area contributed by atoms with Gasteiger partial charge in [0.15, 0.2) is 6.29 Å². The lowest BCUT2D eigenvalue weighted by atomic mass is 9.88. The molecule has 4 rings (SSSR count). The minimum absolute atomic E-state index is 0.0358. The number of aliphatic imine (C=N–C) groups is 1. The number of ether oxygens (including phenoxy) is 4. The third-order valence-electron chi connectivity index (χ3n) is 4.51. The maximum absolute atomic E-state index is 6.15. The van der Waals surface area contributed by atoms with Crippen molar-refractivity contribution >= 4 is 40.7 Å². The van der Waals surface area contributed by atoms with Gasteiger partial charge in [0.05, 0.1) is 12.7 Å². The van der Waals surface area contributed by atoms with Gasteiger partial charge < -0.3 is 18.9 Å². The number of fused-ring (bicyclic) bond motifs is 2. The predicted molar refractivity (Wildman–Crippen MR) is 90.4 cm³/mol. The molecular weight excluding hydrogens is 377 g/mol. The van der Waals surface area contributed by atoms with Crippen LogP contribution in [0.3, 0.4) is 0 Å². The smallest absolute Gasteiger partial charge is 0.266 e. The van der Waals surface area contributed by atoms with Crippen molar-refractivity contribution < 1.29 is 18.9 Å². The minimum atomic E-state index is -1.70. The van der Waals surface area contributed by atoms with E-state index in [1.807, 2.05) is 37.3 Å². The molecule has 0 spiro atoms. The third kappa shape index (κ3) is 3.02. The molecule has 0 aromatic heterocycles. The van der Waals surface area contributed by atoms with Crippen LogP contribution >= 0.6 is 34.8 Å². The van der Waals surface area contributed by atoms with E-state index in [2.05, 4.69) is 4.99 Å². The fourth-order valence-electron chi connectivity index (χ4n) is 3.30. The number of nitrogens with zero attached hydrogens (tertiary/aromatic N) is 1. The quantitative estimate of drug-likeness (QED) is 0.685. The summed E-state index contributed by atoms with van der Waals surface area (Å²) in [7, 11) is 0. The van der Waals surface area contributed by atoms with Gasteiger partial charge in [-0.25, -0.2) is 4.99 Å². The molecule has 0 saturated carbocycles. The summed E-state index contributed by atoms with van der Waals surface area (Å²) in [4.78, 5) is 4.40. The Balaban J connectivity index is 1.53. The Kier molecular flexibility index (Phi) is 4.44. The van der Waals surface area contributed by atoms with Crippen LogP contribution in [0.2, 0.25) is 0 Å². The van der Waals surface area contributed by atoms with Crippen molar-refractivity contribution in [1.82, 2.24) is 0 Å². The number of halogens is 3. The van der Waals surface area contributed by atoms with Crippen LogP contribution in [0.25, 0.3) is 0 Å². The fraction of sp³-hybridized carbons (Fsp3) is 0.562. The first-order valence-electron chi connectivity index (χ1n) is 7.72. The fourth-order valence-corrected chi connectivity index (χ4v) is 3.58. The molecule has 8 heteroatoms. The van der Waals surface area contributed by atoms with Crippen LogP contribution in [0, 0.1) is 5.92 Å². The Bertz CT molecular complexity index is 636. The van der Waals surface area contributed by atoms with Crippen LogP contribution in [-0.4, -0.2) is 40.8 Å². The van der Waals surface area contributed by atoms with E-state index in [0.717, 1.165) is 5.56 Å². The first-order valence-corrected chi connectivity index (χ1v) is 8.86. The number of hydrogen-bond donors (Lipinski definition) is 0. The van der Waals surface area contributed by atoms with Gasteiger partial charge in [-0.2, -0.15) is 0 Å². The van der Waals surface area contributed by atoms with E-state index in [0.29, 0.717) is 6.61 Å². The van der Waals surface area contributed by atoms with Crippen LogP contribution in [0.5, 0.6) is 0 Å². The summed E-state index contributed by atoms with van der Waals surface area (Å²) in [6.45, 7) is 2.45. The van der Waals surface area contributed by atoms with Crippen molar-refractivity contribution in [3.63, 3.8) is 0 Å². The van der Waals surface area contributed by atoms with Gasteiger partial charge in [0.2, 0.25) is 12.2 Å². The highest BCUT2D eigenvalue weighted by Crippen LogP contribution is 2.42. The first-order chi connectivity index (χ1) is 11.4. The van der Waals surface area contributed by atoms with Crippen LogP contribution in [0.1, 0.15) is 18.8 Å². The van der Waals surface area contributed by atoms with Crippen molar-refractivity contribution in [2.45, 2.75) is 41.5 Å². The van der Waals surface area contributed by atoms with E-state index in [4.69, 9.17) is 53.8 Å². The van der Waals surface area contributed by atoms with Crippen molar-refractivity contribution in [3.8, 4) is 0 Å². The molecule has 3 unspecified atom stereocenters. The lowest BCUT2D eigenvalue weighted by Crippen LogP contribution is -2.56. The maximum atomic E-state index is 6.15. The summed E-state index contributed by atoms with van der Waals surface area (Å²) in [5.74, 6) is 0.0993. The summed E-state index contributed by atoms with van der Waals surface area (Å²) < 4.78 is 21.8. The zero-order chi connectivity index (χ0) is 16.9.